The van der Waals surface area contributed by atoms with Crippen molar-refractivity contribution in [1.29, 1.82) is 0 Å². The summed E-state index contributed by atoms with van der Waals surface area (Å²) >= 11 is 0. The lowest BCUT2D eigenvalue weighted by molar-refractivity contribution is 0.0569. The third kappa shape index (κ3) is 5.52. The minimum absolute atomic E-state index is 0.501. The van der Waals surface area contributed by atoms with E-state index < -0.39 is 0 Å². The molecular formula is C20H32N2O2. The summed E-state index contributed by atoms with van der Waals surface area (Å²) in [7, 11) is 3.75. The van der Waals surface area contributed by atoms with Crippen molar-refractivity contribution < 1.29 is 9.47 Å². The monoisotopic (exact) mass is 332 g/mol. The van der Waals surface area contributed by atoms with Crippen molar-refractivity contribution in [3.63, 3.8) is 0 Å². The number of aliphatic imine (C=N–C) groups is 1. The zero-order valence-electron chi connectivity index (χ0n) is 15.7. The molecule has 2 rings (SSSR count). The van der Waals surface area contributed by atoms with E-state index in [1.54, 1.807) is 7.11 Å². The van der Waals surface area contributed by atoms with E-state index in [1.165, 1.54) is 36.8 Å². The Kier molecular flexibility index (Phi) is 7.57. The van der Waals surface area contributed by atoms with Crippen molar-refractivity contribution in [2.45, 2.75) is 58.5 Å². The van der Waals surface area contributed by atoms with E-state index in [1.807, 2.05) is 19.5 Å². The number of rotatable bonds is 9. The lowest BCUT2D eigenvalue weighted by Gasteiger charge is -2.14. The van der Waals surface area contributed by atoms with Gasteiger partial charge in [-0.25, -0.2) is 4.99 Å². The minimum Gasteiger partial charge on any atom is -0.496 e. The molecule has 134 valence electrons. The average molecular weight is 332 g/mol. The van der Waals surface area contributed by atoms with E-state index in [0.29, 0.717) is 6.10 Å². The Hall–Kier alpha value is -1.55. The molecule has 1 aromatic carbocycles. The Labute approximate surface area is 146 Å². The van der Waals surface area contributed by atoms with Crippen LogP contribution >= 0.6 is 0 Å². The minimum atomic E-state index is 0.501. The molecule has 1 saturated carbocycles. The molecule has 0 spiro atoms. The van der Waals surface area contributed by atoms with E-state index in [2.05, 4.69) is 29.8 Å². The molecule has 0 bridgehead atoms. The first-order valence-corrected chi connectivity index (χ1v) is 9.17. The SMILES string of the molecule is CCN(C)/C=N/c1cc(OC)c(CCCOC2CCCC2)cc1C. The largest absolute Gasteiger partial charge is 0.496 e. The first-order chi connectivity index (χ1) is 11.6. The van der Waals surface area contributed by atoms with Gasteiger partial charge in [-0.15, -0.1) is 0 Å². The van der Waals surface area contributed by atoms with Crippen molar-refractivity contribution in [3.05, 3.63) is 23.3 Å². The van der Waals surface area contributed by atoms with Crippen molar-refractivity contribution >= 4 is 12.0 Å². The highest BCUT2D eigenvalue weighted by Gasteiger charge is 2.15. The van der Waals surface area contributed by atoms with Crippen LogP contribution < -0.4 is 4.74 Å². The third-order valence-electron chi connectivity index (χ3n) is 4.74. The van der Waals surface area contributed by atoms with Crippen molar-refractivity contribution in [3.8, 4) is 5.75 Å². The number of hydrogen-bond acceptors (Lipinski definition) is 3. The standard InChI is InChI=1S/C20H32N2O2/c1-5-22(3)15-21-19-14-20(23-4)17(13-16(19)2)9-8-12-24-18-10-6-7-11-18/h13-15,18H,5-12H2,1-4H3/b21-15+. The summed E-state index contributed by atoms with van der Waals surface area (Å²) in [6, 6.07) is 4.25. The predicted molar refractivity (Wildman–Crippen MR) is 101 cm³/mol. The van der Waals surface area contributed by atoms with Gasteiger partial charge in [0.1, 0.15) is 5.75 Å². The summed E-state index contributed by atoms with van der Waals surface area (Å²) in [4.78, 5) is 6.63. The zero-order valence-corrected chi connectivity index (χ0v) is 15.7. The molecule has 24 heavy (non-hydrogen) atoms. The maximum absolute atomic E-state index is 5.96. The van der Waals surface area contributed by atoms with Gasteiger partial charge in [-0.3, -0.25) is 0 Å². The molecular weight excluding hydrogens is 300 g/mol. The first-order valence-electron chi connectivity index (χ1n) is 9.17. The Morgan fingerprint density at radius 2 is 2.04 bits per heavy atom. The highest BCUT2D eigenvalue weighted by Crippen LogP contribution is 2.30. The van der Waals surface area contributed by atoms with Crippen molar-refractivity contribution in [1.82, 2.24) is 4.90 Å². The number of benzene rings is 1. The molecule has 1 aromatic rings. The van der Waals surface area contributed by atoms with Crippen LogP contribution in [0.4, 0.5) is 5.69 Å². The van der Waals surface area contributed by atoms with E-state index in [9.17, 15) is 0 Å². The maximum Gasteiger partial charge on any atom is 0.124 e. The van der Waals surface area contributed by atoms with Crippen LogP contribution in [-0.2, 0) is 11.2 Å². The number of ether oxygens (including phenoxy) is 2. The molecule has 0 radical (unpaired) electrons. The van der Waals surface area contributed by atoms with Crippen molar-refractivity contribution in [2.75, 3.05) is 27.3 Å². The molecule has 0 saturated heterocycles. The summed E-state index contributed by atoms with van der Waals surface area (Å²) < 4.78 is 11.5. The molecule has 1 fully saturated rings. The molecule has 0 N–H and O–H groups in total. The second-order valence-corrected chi connectivity index (χ2v) is 6.65. The van der Waals surface area contributed by atoms with Gasteiger partial charge in [-0.1, -0.05) is 18.9 Å². The van der Waals surface area contributed by atoms with Crippen LogP contribution in [0, 0.1) is 6.92 Å². The van der Waals surface area contributed by atoms with Crippen LogP contribution in [0.25, 0.3) is 0 Å². The average Bonchev–Trinajstić information content (AvgIpc) is 3.11. The van der Waals surface area contributed by atoms with Crippen LogP contribution in [0.2, 0.25) is 0 Å². The number of nitrogens with zero attached hydrogens (tertiary/aromatic N) is 2. The van der Waals surface area contributed by atoms with Gasteiger partial charge in [0.2, 0.25) is 0 Å². The number of methoxy groups -OCH3 is 1. The number of aryl methyl sites for hydroxylation is 2. The Morgan fingerprint density at radius 3 is 2.71 bits per heavy atom. The van der Waals surface area contributed by atoms with E-state index in [0.717, 1.165) is 37.4 Å². The van der Waals surface area contributed by atoms with Gasteiger partial charge < -0.3 is 14.4 Å². The molecule has 0 heterocycles. The lowest BCUT2D eigenvalue weighted by atomic mass is 10.0. The molecule has 0 aliphatic heterocycles. The number of hydrogen-bond donors (Lipinski definition) is 0. The molecule has 0 unspecified atom stereocenters. The van der Waals surface area contributed by atoms with Gasteiger partial charge in [0.25, 0.3) is 0 Å². The summed E-state index contributed by atoms with van der Waals surface area (Å²) in [6.45, 7) is 6.00. The van der Waals surface area contributed by atoms with E-state index >= 15 is 0 Å². The quantitative estimate of drug-likeness (QED) is 0.379. The van der Waals surface area contributed by atoms with Crippen LogP contribution in [0.3, 0.4) is 0 Å². The summed E-state index contributed by atoms with van der Waals surface area (Å²) in [5.41, 5.74) is 3.40. The van der Waals surface area contributed by atoms with Gasteiger partial charge in [-0.05, 0) is 50.7 Å². The van der Waals surface area contributed by atoms with Gasteiger partial charge in [0.05, 0.1) is 25.2 Å². The molecule has 1 aliphatic carbocycles. The van der Waals surface area contributed by atoms with E-state index in [4.69, 9.17) is 9.47 Å². The molecule has 0 atom stereocenters. The smallest absolute Gasteiger partial charge is 0.124 e. The fourth-order valence-electron chi connectivity index (χ4n) is 3.07. The maximum atomic E-state index is 5.96. The fraction of sp³-hybridized carbons (Fsp3) is 0.650. The topological polar surface area (TPSA) is 34.1 Å². The normalized spacial score (nSPS) is 15.3. The summed E-state index contributed by atoms with van der Waals surface area (Å²) in [5, 5.41) is 0. The summed E-state index contributed by atoms with van der Waals surface area (Å²) in [6.07, 6.45) is 9.52. The highest BCUT2D eigenvalue weighted by molar-refractivity contribution is 5.64. The molecule has 4 heteroatoms. The molecule has 1 aliphatic rings. The highest BCUT2D eigenvalue weighted by atomic mass is 16.5. The Balaban J connectivity index is 1.93. The van der Waals surface area contributed by atoms with Gasteiger partial charge in [0, 0.05) is 26.3 Å². The molecule has 0 amide bonds. The molecule has 4 nitrogen and oxygen atoms in total. The van der Waals surface area contributed by atoms with Gasteiger partial charge in [-0.2, -0.15) is 0 Å². The second-order valence-electron chi connectivity index (χ2n) is 6.65. The zero-order chi connectivity index (χ0) is 17.4. The second kappa shape index (κ2) is 9.67. The predicted octanol–water partition coefficient (Wildman–Crippen LogP) is 4.51. The van der Waals surface area contributed by atoms with Gasteiger partial charge in [0.15, 0.2) is 0 Å². The van der Waals surface area contributed by atoms with E-state index in [-0.39, 0.29) is 0 Å². The van der Waals surface area contributed by atoms with Crippen LogP contribution in [-0.4, -0.2) is 44.7 Å². The fourth-order valence-corrected chi connectivity index (χ4v) is 3.07. The lowest BCUT2D eigenvalue weighted by Crippen LogP contribution is -2.14. The van der Waals surface area contributed by atoms with Crippen LogP contribution in [0.5, 0.6) is 5.75 Å². The van der Waals surface area contributed by atoms with Gasteiger partial charge >= 0.3 is 0 Å². The van der Waals surface area contributed by atoms with Crippen LogP contribution in [0.1, 0.15) is 50.2 Å². The van der Waals surface area contributed by atoms with Crippen molar-refractivity contribution in [2.24, 2.45) is 4.99 Å². The molecule has 0 aromatic heterocycles. The summed E-state index contributed by atoms with van der Waals surface area (Å²) in [5.74, 6) is 0.924. The van der Waals surface area contributed by atoms with Crippen LogP contribution in [0.15, 0.2) is 17.1 Å². The Morgan fingerprint density at radius 1 is 1.29 bits per heavy atom. The Bertz CT molecular complexity index is 537. The first kappa shape index (κ1) is 18.8. The third-order valence-corrected chi connectivity index (χ3v) is 4.74.